The summed E-state index contributed by atoms with van der Waals surface area (Å²) in [5, 5.41) is 3.41. The maximum Gasteiger partial charge on any atom is 0.220 e. The van der Waals surface area contributed by atoms with Crippen LogP contribution in [-0.2, 0) is 4.79 Å². The van der Waals surface area contributed by atoms with Crippen LogP contribution in [0, 0.1) is 11.8 Å². The number of rotatable bonds is 4. The summed E-state index contributed by atoms with van der Waals surface area (Å²) in [4.78, 5) is 11.6. The molecule has 0 aromatic carbocycles. The van der Waals surface area contributed by atoms with Gasteiger partial charge in [-0.25, -0.2) is 0 Å². The van der Waals surface area contributed by atoms with Gasteiger partial charge in [0.2, 0.25) is 5.91 Å². The van der Waals surface area contributed by atoms with Crippen LogP contribution in [0.2, 0.25) is 0 Å². The maximum absolute atomic E-state index is 11.6. The Balaban J connectivity index is 1.60. The average molecular weight is 244 g/mol. The number of hydrogen-bond acceptors (Lipinski definition) is 1. The molecule has 2 rings (SSSR count). The van der Waals surface area contributed by atoms with Crippen LogP contribution in [0.15, 0.2) is 0 Å². The lowest BCUT2D eigenvalue weighted by molar-refractivity contribution is -0.122. The SMILES string of the molecule is O=C(CC1CCC1)NCC1CCCC(Cl)C1. The molecule has 1 amide bonds. The van der Waals surface area contributed by atoms with Gasteiger partial charge in [-0.2, -0.15) is 0 Å². The van der Waals surface area contributed by atoms with Crippen molar-refractivity contribution in [1.82, 2.24) is 5.32 Å². The molecule has 0 spiro atoms. The largest absolute Gasteiger partial charge is 0.356 e. The van der Waals surface area contributed by atoms with E-state index in [2.05, 4.69) is 5.32 Å². The highest BCUT2D eigenvalue weighted by atomic mass is 35.5. The molecule has 0 aliphatic heterocycles. The van der Waals surface area contributed by atoms with Crippen molar-refractivity contribution in [2.45, 2.75) is 56.7 Å². The molecular formula is C13H22ClNO. The predicted octanol–water partition coefficient (Wildman–Crippen LogP) is 3.09. The lowest BCUT2D eigenvalue weighted by Gasteiger charge is -2.27. The molecule has 2 nitrogen and oxygen atoms in total. The molecule has 2 aliphatic carbocycles. The Morgan fingerprint density at radius 1 is 1.12 bits per heavy atom. The van der Waals surface area contributed by atoms with E-state index >= 15 is 0 Å². The zero-order valence-electron chi connectivity index (χ0n) is 9.88. The zero-order valence-corrected chi connectivity index (χ0v) is 10.6. The van der Waals surface area contributed by atoms with Crippen LogP contribution in [0.25, 0.3) is 0 Å². The summed E-state index contributed by atoms with van der Waals surface area (Å²) in [6, 6.07) is 0. The molecule has 0 aromatic rings. The number of alkyl halides is 1. The summed E-state index contributed by atoms with van der Waals surface area (Å²) in [6.45, 7) is 0.842. The Bertz CT molecular complexity index is 240. The van der Waals surface area contributed by atoms with Crippen LogP contribution in [0.3, 0.4) is 0 Å². The molecule has 0 aromatic heterocycles. The van der Waals surface area contributed by atoms with Gasteiger partial charge in [-0.15, -0.1) is 11.6 Å². The van der Waals surface area contributed by atoms with E-state index in [1.54, 1.807) is 0 Å². The topological polar surface area (TPSA) is 29.1 Å². The smallest absolute Gasteiger partial charge is 0.220 e. The maximum atomic E-state index is 11.6. The first kappa shape index (κ1) is 12.2. The van der Waals surface area contributed by atoms with Crippen molar-refractivity contribution in [3.05, 3.63) is 0 Å². The van der Waals surface area contributed by atoms with Gasteiger partial charge in [-0.3, -0.25) is 4.79 Å². The van der Waals surface area contributed by atoms with Crippen molar-refractivity contribution in [3.8, 4) is 0 Å². The quantitative estimate of drug-likeness (QED) is 0.756. The third kappa shape index (κ3) is 3.65. The standard InChI is InChI=1S/C13H22ClNO/c14-12-6-2-5-11(7-12)9-15-13(16)8-10-3-1-4-10/h10-12H,1-9H2,(H,15,16). The van der Waals surface area contributed by atoms with E-state index in [-0.39, 0.29) is 5.91 Å². The third-order valence-corrected chi connectivity index (χ3v) is 4.40. The second-order valence-electron chi connectivity index (χ2n) is 5.44. The van der Waals surface area contributed by atoms with E-state index in [1.807, 2.05) is 0 Å². The highest BCUT2D eigenvalue weighted by molar-refractivity contribution is 6.20. The van der Waals surface area contributed by atoms with E-state index in [0.717, 1.165) is 25.8 Å². The first-order valence-corrected chi connectivity index (χ1v) is 7.08. The van der Waals surface area contributed by atoms with Crippen molar-refractivity contribution in [2.24, 2.45) is 11.8 Å². The molecular weight excluding hydrogens is 222 g/mol. The molecule has 2 fully saturated rings. The first-order valence-electron chi connectivity index (χ1n) is 6.65. The predicted molar refractivity (Wildman–Crippen MR) is 66.6 cm³/mol. The monoisotopic (exact) mass is 243 g/mol. The van der Waals surface area contributed by atoms with Crippen LogP contribution in [0.5, 0.6) is 0 Å². The number of halogens is 1. The summed E-state index contributed by atoms with van der Waals surface area (Å²) in [5.74, 6) is 1.54. The van der Waals surface area contributed by atoms with Crippen LogP contribution < -0.4 is 5.32 Å². The highest BCUT2D eigenvalue weighted by Gasteiger charge is 2.23. The van der Waals surface area contributed by atoms with E-state index in [1.165, 1.54) is 32.1 Å². The van der Waals surface area contributed by atoms with Crippen LogP contribution in [0.4, 0.5) is 0 Å². The molecule has 0 saturated heterocycles. The fraction of sp³-hybridized carbons (Fsp3) is 0.923. The normalized spacial score (nSPS) is 30.8. The molecule has 92 valence electrons. The van der Waals surface area contributed by atoms with Gasteiger partial charge in [-0.1, -0.05) is 12.8 Å². The minimum absolute atomic E-state index is 0.251. The number of hydrogen-bond donors (Lipinski definition) is 1. The Kier molecular flexibility index (Phi) is 4.51. The summed E-state index contributed by atoms with van der Waals surface area (Å²) >= 11 is 6.13. The number of amides is 1. The van der Waals surface area contributed by atoms with Crippen molar-refractivity contribution in [3.63, 3.8) is 0 Å². The Morgan fingerprint density at radius 3 is 2.44 bits per heavy atom. The van der Waals surface area contributed by atoms with E-state index in [0.29, 0.717) is 17.2 Å². The minimum Gasteiger partial charge on any atom is -0.356 e. The van der Waals surface area contributed by atoms with Gasteiger partial charge in [0.15, 0.2) is 0 Å². The molecule has 3 heteroatoms. The second-order valence-corrected chi connectivity index (χ2v) is 6.05. The molecule has 2 unspecified atom stereocenters. The Morgan fingerprint density at radius 2 is 1.81 bits per heavy atom. The van der Waals surface area contributed by atoms with Crippen molar-refractivity contribution in [1.29, 1.82) is 0 Å². The fourth-order valence-corrected chi connectivity index (χ4v) is 3.11. The molecule has 2 aliphatic rings. The van der Waals surface area contributed by atoms with Crippen LogP contribution >= 0.6 is 11.6 Å². The van der Waals surface area contributed by atoms with Crippen molar-refractivity contribution >= 4 is 17.5 Å². The molecule has 2 atom stereocenters. The van der Waals surface area contributed by atoms with Gasteiger partial charge < -0.3 is 5.32 Å². The Hall–Kier alpha value is -0.240. The van der Waals surface area contributed by atoms with Gasteiger partial charge in [-0.05, 0) is 43.9 Å². The highest BCUT2D eigenvalue weighted by Crippen LogP contribution is 2.29. The average Bonchev–Trinajstić information content (AvgIpc) is 2.21. The first-order chi connectivity index (χ1) is 7.74. The van der Waals surface area contributed by atoms with Gasteiger partial charge in [0.25, 0.3) is 0 Å². The summed E-state index contributed by atoms with van der Waals surface area (Å²) in [7, 11) is 0. The zero-order chi connectivity index (χ0) is 11.4. The minimum atomic E-state index is 0.251. The lowest BCUT2D eigenvalue weighted by atomic mass is 9.82. The van der Waals surface area contributed by atoms with E-state index in [4.69, 9.17) is 11.6 Å². The fourth-order valence-electron chi connectivity index (χ4n) is 2.70. The summed E-state index contributed by atoms with van der Waals surface area (Å²) in [6.07, 6.45) is 9.23. The third-order valence-electron chi connectivity index (χ3n) is 4.01. The van der Waals surface area contributed by atoms with Crippen LogP contribution in [-0.4, -0.2) is 17.8 Å². The summed E-state index contributed by atoms with van der Waals surface area (Å²) < 4.78 is 0. The molecule has 2 saturated carbocycles. The molecule has 0 bridgehead atoms. The van der Waals surface area contributed by atoms with E-state index < -0.39 is 0 Å². The number of nitrogens with one attached hydrogen (secondary N) is 1. The van der Waals surface area contributed by atoms with Gasteiger partial charge in [0, 0.05) is 18.3 Å². The molecule has 0 radical (unpaired) electrons. The molecule has 1 N–H and O–H groups in total. The molecule has 16 heavy (non-hydrogen) atoms. The van der Waals surface area contributed by atoms with Crippen molar-refractivity contribution in [2.75, 3.05) is 6.54 Å². The summed E-state index contributed by atoms with van der Waals surface area (Å²) in [5.41, 5.74) is 0. The van der Waals surface area contributed by atoms with E-state index in [9.17, 15) is 4.79 Å². The molecule has 0 heterocycles. The van der Waals surface area contributed by atoms with Crippen molar-refractivity contribution < 1.29 is 4.79 Å². The number of carbonyl (C=O) groups is 1. The van der Waals surface area contributed by atoms with Gasteiger partial charge in [0.1, 0.15) is 0 Å². The number of carbonyl (C=O) groups excluding carboxylic acids is 1. The second kappa shape index (κ2) is 5.90. The lowest BCUT2D eigenvalue weighted by Crippen LogP contribution is -2.33. The van der Waals surface area contributed by atoms with Gasteiger partial charge in [0.05, 0.1) is 0 Å². The van der Waals surface area contributed by atoms with Crippen LogP contribution in [0.1, 0.15) is 51.4 Å². The Labute approximate surface area is 103 Å². The van der Waals surface area contributed by atoms with Gasteiger partial charge >= 0.3 is 0 Å².